The summed E-state index contributed by atoms with van der Waals surface area (Å²) < 4.78 is 11.5. The maximum Gasteiger partial charge on any atom is 0.127 e. The average Bonchev–Trinajstić information content (AvgIpc) is 3.28. The van der Waals surface area contributed by atoms with Crippen LogP contribution in [0.5, 0.6) is 17.2 Å². The normalized spacial score (nSPS) is 15.0. The zero-order valence-corrected chi connectivity index (χ0v) is 11.8. The molecule has 2 aromatic rings. The fourth-order valence-corrected chi connectivity index (χ4v) is 2.18. The number of rotatable bonds is 6. The van der Waals surface area contributed by atoms with E-state index in [9.17, 15) is 0 Å². The topological polar surface area (TPSA) is 42.2 Å². The van der Waals surface area contributed by atoms with Gasteiger partial charge in [0.05, 0.1) is 12.7 Å². The van der Waals surface area contributed by atoms with Gasteiger partial charge in [-0.05, 0) is 49.2 Å². The number of ether oxygens (including phenoxy) is 2. The van der Waals surface area contributed by atoms with E-state index in [-0.39, 0.29) is 5.41 Å². The minimum Gasteiger partial charge on any atom is -0.493 e. The standard InChI is InChI=1S/C18H17NO2/c19-13-12-18(10-11-18)14-20-15-6-8-17(9-7-15)21-16-4-2-1-3-5-16/h1-9H,10-12,14H2. The summed E-state index contributed by atoms with van der Waals surface area (Å²) in [6, 6.07) is 19.5. The summed E-state index contributed by atoms with van der Waals surface area (Å²) in [5, 5.41) is 8.79. The third-order valence-electron chi connectivity index (χ3n) is 3.76. The van der Waals surface area contributed by atoms with E-state index in [4.69, 9.17) is 14.7 Å². The molecule has 2 aromatic carbocycles. The Bertz CT molecular complexity index is 625. The van der Waals surface area contributed by atoms with Crippen LogP contribution in [0.2, 0.25) is 0 Å². The van der Waals surface area contributed by atoms with Crippen molar-refractivity contribution in [3.05, 3.63) is 54.6 Å². The lowest BCUT2D eigenvalue weighted by Crippen LogP contribution is -2.12. The van der Waals surface area contributed by atoms with Crippen LogP contribution in [0.15, 0.2) is 54.6 Å². The summed E-state index contributed by atoms with van der Waals surface area (Å²) in [7, 11) is 0. The molecule has 0 bridgehead atoms. The van der Waals surface area contributed by atoms with E-state index < -0.39 is 0 Å². The molecule has 0 radical (unpaired) electrons. The van der Waals surface area contributed by atoms with Crippen molar-refractivity contribution in [3.8, 4) is 23.3 Å². The van der Waals surface area contributed by atoms with Gasteiger partial charge in [-0.25, -0.2) is 0 Å². The summed E-state index contributed by atoms with van der Waals surface area (Å²) in [5.74, 6) is 2.42. The second kappa shape index (κ2) is 5.88. The van der Waals surface area contributed by atoms with Crippen molar-refractivity contribution in [2.75, 3.05) is 6.61 Å². The second-order valence-electron chi connectivity index (χ2n) is 5.51. The first-order valence-electron chi connectivity index (χ1n) is 7.12. The van der Waals surface area contributed by atoms with Crippen molar-refractivity contribution in [2.45, 2.75) is 19.3 Å². The Morgan fingerprint density at radius 3 is 2.14 bits per heavy atom. The largest absolute Gasteiger partial charge is 0.493 e. The number of hydrogen-bond acceptors (Lipinski definition) is 3. The molecule has 21 heavy (non-hydrogen) atoms. The van der Waals surface area contributed by atoms with E-state index >= 15 is 0 Å². The van der Waals surface area contributed by atoms with Crippen LogP contribution in [-0.2, 0) is 0 Å². The van der Waals surface area contributed by atoms with E-state index in [1.165, 1.54) is 0 Å². The number of nitriles is 1. The van der Waals surface area contributed by atoms with E-state index in [1.54, 1.807) is 0 Å². The first-order valence-corrected chi connectivity index (χ1v) is 7.12. The molecule has 3 heteroatoms. The zero-order valence-electron chi connectivity index (χ0n) is 11.8. The van der Waals surface area contributed by atoms with Crippen molar-refractivity contribution in [2.24, 2.45) is 5.41 Å². The Morgan fingerprint density at radius 2 is 1.52 bits per heavy atom. The molecule has 3 rings (SSSR count). The summed E-state index contributed by atoms with van der Waals surface area (Å²) >= 11 is 0. The first kappa shape index (κ1) is 13.5. The number of hydrogen-bond donors (Lipinski definition) is 0. The van der Waals surface area contributed by atoms with Gasteiger partial charge >= 0.3 is 0 Å². The van der Waals surface area contributed by atoms with Crippen LogP contribution in [0, 0.1) is 16.7 Å². The SMILES string of the molecule is N#CCC1(COc2ccc(Oc3ccccc3)cc2)CC1. The average molecular weight is 279 g/mol. The van der Waals surface area contributed by atoms with Crippen LogP contribution >= 0.6 is 0 Å². The van der Waals surface area contributed by atoms with Gasteiger partial charge in [0, 0.05) is 11.8 Å². The van der Waals surface area contributed by atoms with E-state index in [0.717, 1.165) is 30.1 Å². The highest BCUT2D eigenvalue weighted by Crippen LogP contribution is 2.48. The van der Waals surface area contributed by atoms with E-state index in [2.05, 4.69) is 6.07 Å². The van der Waals surface area contributed by atoms with Gasteiger partial charge in [0.15, 0.2) is 0 Å². The van der Waals surface area contributed by atoms with Crippen LogP contribution in [0.25, 0.3) is 0 Å². The molecule has 0 saturated heterocycles. The third-order valence-corrected chi connectivity index (χ3v) is 3.76. The van der Waals surface area contributed by atoms with Crippen molar-refractivity contribution in [1.82, 2.24) is 0 Å². The van der Waals surface area contributed by atoms with E-state index in [1.807, 2.05) is 54.6 Å². The summed E-state index contributed by atoms with van der Waals surface area (Å²) in [5.41, 5.74) is 0.105. The van der Waals surface area contributed by atoms with Gasteiger partial charge in [0.2, 0.25) is 0 Å². The predicted octanol–water partition coefficient (Wildman–Crippen LogP) is 4.55. The molecule has 0 amide bonds. The lowest BCUT2D eigenvalue weighted by atomic mass is 10.1. The summed E-state index contributed by atoms with van der Waals surface area (Å²) in [6.45, 7) is 0.624. The van der Waals surface area contributed by atoms with E-state index in [0.29, 0.717) is 13.0 Å². The molecule has 1 aliphatic rings. The van der Waals surface area contributed by atoms with Crippen molar-refractivity contribution < 1.29 is 9.47 Å². The fraction of sp³-hybridized carbons (Fsp3) is 0.278. The van der Waals surface area contributed by atoms with Crippen LogP contribution < -0.4 is 9.47 Å². The van der Waals surface area contributed by atoms with Gasteiger partial charge < -0.3 is 9.47 Å². The van der Waals surface area contributed by atoms with Crippen LogP contribution in [0.1, 0.15) is 19.3 Å². The Kier molecular flexibility index (Phi) is 3.79. The van der Waals surface area contributed by atoms with Crippen LogP contribution in [-0.4, -0.2) is 6.61 Å². The molecule has 0 N–H and O–H groups in total. The minimum absolute atomic E-state index is 0.105. The van der Waals surface area contributed by atoms with Gasteiger partial charge in [-0.2, -0.15) is 5.26 Å². The Labute approximate surface area is 124 Å². The Balaban J connectivity index is 1.56. The highest BCUT2D eigenvalue weighted by Gasteiger charge is 2.43. The molecule has 3 nitrogen and oxygen atoms in total. The molecule has 1 aliphatic carbocycles. The van der Waals surface area contributed by atoms with Gasteiger partial charge in [-0.1, -0.05) is 18.2 Å². The predicted molar refractivity (Wildman–Crippen MR) is 80.4 cm³/mol. The van der Waals surface area contributed by atoms with Crippen LogP contribution in [0.4, 0.5) is 0 Å². The van der Waals surface area contributed by atoms with Crippen molar-refractivity contribution in [3.63, 3.8) is 0 Å². The third kappa shape index (κ3) is 3.55. The summed E-state index contributed by atoms with van der Waals surface area (Å²) in [6.07, 6.45) is 2.77. The molecular weight excluding hydrogens is 262 g/mol. The molecule has 0 aromatic heterocycles. The first-order chi connectivity index (χ1) is 10.3. The van der Waals surface area contributed by atoms with Gasteiger partial charge in [-0.3, -0.25) is 0 Å². The summed E-state index contributed by atoms with van der Waals surface area (Å²) in [4.78, 5) is 0. The maximum absolute atomic E-state index is 8.79. The fourth-order valence-electron chi connectivity index (χ4n) is 2.18. The lowest BCUT2D eigenvalue weighted by Gasteiger charge is -2.13. The zero-order chi connectivity index (χ0) is 14.5. The maximum atomic E-state index is 8.79. The van der Waals surface area contributed by atoms with Gasteiger partial charge in [0.25, 0.3) is 0 Å². The highest BCUT2D eigenvalue weighted by atomic mass is 16.5. The second-order valence-corrected chi connectivity index (χ2v) is 5.51. The Morgan fingerprint density at radius 1 is 0.905 bits per heavy atom. The number of benzene rings is 2. The molecule has 0 aliphatic heterocycles. The monoisotopic (exact) mass is 279 g/mol. The highest BCUT2D eigenvalue weighted by molar-refractivity contribution is 5.35. The molecule has 0 heterocycles. The minimum atomic E-state index is 0.105. The van der Waals surface area contributed by atoms with Crippen LogP contribution in [0.3, 0.4) is 0 Å². The molecule has 106 valence electrons. The molecular formula is C18H17NO2. The van der Waals surface area contributed by atoms with Crippen molar-refractivity contribution >= 4 is 0 Å². The molecule has 1 fully saturated rings. The quantitative estimate of drug-likeness (QED) is 0.779. The molecule has 0 spiro atoms. The Hall–Kier alpha value is -2.47. The number of nitrogens with zero attached hydrogens (tertiary/aromatic N) is 1. The molecule has 0 unspecified atom stereocenters. The van der Waals surface area contributed by atoms with Gasteiger partial charge in [0.1, 0.15) is 17.2 Å². The lowest BCUT2D eigenvalue weighted by molar-refractivity contribution is 0.236. The van der Waals surface area contributed by atoms with Gasteiger partial charge in [-0.15, -0.1) is 0 Å². The molecule has 1 saturated carbocycles. The smallest absolute Gasteiger partial charge is 0.127 e. The van der Waals surface area contributed by atoms with Crippen molar-refractivity contribution in [1.29, 1.82) is 5.26 Å². The number of para-hydroxylation sites is 1. The molecule has 0 atom stereocenters.